The number of carbonyl (C=O) groups excluding carboxylic acids is 1. The van der Waals surface area contributed by atoms with Crippen LogP contribution in [0.3, 0.4) is 0 Å². The van der Waals surface area contributed by atoms with Crippen LogP contribution < -0.4 is 10.1 Å². The predicted molar refractivity (Wildman–Crippen MR) is 100 cm³/mol. The maximum atomic E-state index is 12.9. The fourth-order valence-electron chi connectivity index (χ4n) is 4.38. The Balaban J connectivity index is 1.53. The highest BCUT2D eigenvalue weighted by molar-refractivity contribution is 5.94. The first-order valence-electron chi connectivity index (χ1n) is 9.32. The van der Waals surface area contributed by atoms with Gasteiger partial charge in [-0.3, -0.25) is 14.7 Å². The molecule has 26 heavy (non-hydrogen) atoms. The van der Waals surface area contributed by atoms with E-state index in [4.69, 9.17) is 4.74 Å². The molecule has 0 spiro atoms. The zero-order valence-corrected chi connectivity index (χ0v) is 15.1. The molecule has 3 aliphatic rings. The van der Waals surface area contributed by atoms with E-state index in [2.05, 4.69) is 21.3 Å². The maximum Gasteiger partial charge on any atom is 0.251 e. The summed E-state index contributed by atoms with van der Waals surface area (Å²) in [5, 5.41) is 3.33. The third-order valence-electron chi connectivity index (χ3n) is 5.76. The van der Waals surface area contributed by atoms with Crippen molar-refractivity contribution in [1.29, 1.82) is 0 Å². The molecule has 1 N–H and O–H groups in total. The fraction of sp³-hybridized carbons (Fsp3) is 0.429. The van der Waals surface area contributed by atoms with E-state index >= 15 is 0 Å². The monoisotopic (exact) mass is 351 g/mol. The summed E-state index contributed by atoms with van der Waals surface area (Å²) in [6.07, 6.45) is 6.98. The van der Waals surface area contributed by atoms with E-state index in [1.165, 1.54) is 5.56 Å². The number of pyridine rings is 1. The second-order valence-electron chi connectivity index (χ2n) is 7.24. The van der Waals surface area contributed by atoms with Gasteiger partial charge < -0.3 is 10.1 Å². The molecule has 3 saturated heterocycles. The fourth-order valence-corrected chi connectivity index (χ4v) is 4.38. The van der Waals surface area contributed by atoms with Crippen molar-refractivity contribution in [2.24, 2.45) is 5.92 Å². The molecule has 5 rings (SSSR count). The van der Waals surface area contributed by atoms with E-state index in [1.54, 1.807) is 19.4 Å². The maximum absolute atomic E-state index is 12.9. The van der Waals surface area contributed by atoms with Gasteiger partial charge in [-0.2, -0.15) is 0 Å². The molecule has 5 heteroatoms. The molecule has 2 aromatic rings. The number of aromatic nitrogens is 1. The Hall–Kier alpha value is -2.40. The normalized spacial score (nSPS) is 27.1. The summed E-state index contributed by atoms with van der Waals surface area (Å²) in [5.41, 5.74) is 1.88. The van der Waals surface area contributed by atoms with Crippen LogP contribution in [0.15, 0.2) is 48.8 Å². The number of carbonyl (C=O) groups is 1. The molecule has 1 aromatic carbocycles. The number of hydrogen-bond donors (Lipinski definition) is 1. The Bertz CT molecular complexity index is 757. The molecule has 0 saturated carbocycles. The summed E-state index contributed by atoms with van der Waals surface area (Å²) >= 11 is 0. The third kappa shape index (κ3) is 3.44. The van der Waals surface area contributed by atoms with Crippen LogP contribution in [0.1, 0.15) is 28.8 Å². The van der Waals surface area contributed by atoms with Crippen LogP contribution in [0.25, 0.3) is 0 Å². The molecule has 3 aliphatic heterocycles. The van der Waals surface area contributed by atoms with Gasteiger partial charge in [-0.25, -0.2) is 0 Å². The van der Waals surface area contributed by atoms with E-state index in [-0.39, 0.29) is 11.9 Å². The first kappa shape index (κ1) is 17.0. The quantitative estimate of drug-likeness (QED) is 0.899. The van der Waals surface area contributed by atoms with E-state index in [0.717, 1.165) is 32.4 Å². The number of piperidine rings is 3. The molecule has 0 unspecified atom stereocenters. The number of nitrogens with one attached hydrogen (secondary N) is 1. The minimum absolute atomic E-state index is 0.0150. The van der Waals surface area contributed by atoms with Crippen LogP contribution in [-0.2, 0) is 6.42 Å². The van der Waals surface area contributed by atoms with Gasteiger partial charge in [0.1, 0.15) is 5.75 Å². The lowest BCUT2D eigenvalue weighted by Crippen LogP contribution is -2.64. The minimum Gasteiger partial charge on any atom is -0.497 e. The lowest BCUT2D eigenvalue weighted by molar-refractivity contribution is 0.0136. The topological polar surface area (TPSA) is 54.5 Å². The van der Waals surface area contributed by atoms with Crippen molar-refractivity contribution in [3.63, 3.8) is 0 Å². The molecule has 2 atom stereocenters. The third-order valence-corrected chi connectivity index (χ3v) is 5.76. The van der Waals surface area contributed by atoms with Gasteiger partial charge in [-0.1, -0.05) is 12.1 Å². The van der Waals surface area contributed by atoms with Gasteiger partial charge in [0, 0.05) is 30.0 Å². The Morgan fingerprint density at radius 1 is 1.27 bits per heavy atom. The average Bonchev–Trinajstić information content (AvgIpc) is 2.71. The van der Waals surface area contributed by atoms with E-state index in [9.17, 15) is 4.79 Å². The molecule has 1 amide bonds. The number of amides is 1. The largest absolute Gasteiger partial charge is 0.497 e. The van der Waals surface area contributed by atoms with Gasteiger partial charge in [-0.05, 0) is 68.1 Å². The van der Waals surface area contributed by atoms with Gasteiger partial charge in [-0.15, -0.1) is 0 Å². The van der Waals surface area contributed by atoms with Crippen LogP contribution in [0.5, 0.6) is 5.75 Å². The molecule has 0 aliphatic carbocycles. The molecule has 1 aromatic heterocycles. The van der Waals surface area contributed by atoms with Gasteiger partial charge in [0.15, 0.2) is 0 Å². The molecule has 2 bridgehead atoms. The van der Waals surface area contributed by atoms with E-state index < -0.39 is 0 Å². The van der Waals surface area contributed by atoms with Crippen molar-refractivity contribution in [2.75, 3.05) is 20.2 Å². The van der Waals surface area contributed by atoms with Crippen LogP contribution in [-0.4, -0.2) is 48.1 Å². The highest BCUT2D eigenvalue weighted by Gasteiger charge is 2.42. The van der Waals surface area contributed by atoms with Gasteiger partial charge in [0.05, 0.1) is 7.11 Å². The molecule has 3 fully saturated rings. The minimum atomic E-state index is -0.0150. The van der Waals surface area contributed by atoms with Crippen molar-refractivity contribution in [3.05, 3.63) is 59.9 Å². The summed E-state index contributed by atoms with van der Waals surface area (Å²) in [5.74, 6) is 1.24. The molecule has 4 heterocycles. The number of nitrogens with zero attached hydrogens (tertiary/aromatic N) is 2. The molecule has 5 nitrogen and oxygen atoms in total. The molecular weight excluding hydrogens is 326 g/mol. The molecule has 136 valence electrons. The van der Waals surface area contributed by atoms with Gasteiger partial charge >= 0.3 is 0 Å². The lowest BCUT2D eigenvalue weighted by Gasteiger charge is -2.51. The Kier molecular flexibility index (Phi) is 4.89. The first-order chi connectivity index (χ1) is 12.7. The van der Waals surface area contributed by atoms with Gasteiger partial charge in [0.25, 0.3) is 5.91 Å². The zero-order valence-electron chi connectivity index (χ0n) is 15.1. The van der Waals surface area contributed by atoms with Crippen molar-refractivity contribution >= 4 is 5.91 Å². The second kappa shape index (κ2) is 7.46. The van der Waals surface area contributed by atoms with Crippen LogP contribution >= 0.6 is 0 Å². The number of methoxy groups -OCH3 is 1. The summed E-state index contributed by atoms with van der Waals surface area (Å²) < 4.78 is 5.25. The molecule has 0 radical (unpaired) electrons. The van der Waals surface area contributed by atoms with Crippen molar-refractivity contribution in [1.82, 2.24) is 15.2 Å². The number of ether oxygens (including phenoxy) is 1. The molecular formula is C21H25N3O2. The van der Waals surface area contributed by atoms with Crippen molar-refractivity contribution in [3.8, 4) is 5.75 Å². The van der Waals surface area contributed by atoms with Crippen LogP contribution in [0.2, 0.25) is 0 Å². The Morgan fingerprint density at radius 3 is 2.85 bits per heavy atom. The summed E-state index contributed by atoms with van der Waals surface area (Å²) in [6, 6.07) is 12.0. The highest BCUT2D eigenvalue weighted by Crippen LogP contribution is 2.34. The Labute approximate surface area is 154 Å². The Morgan fingerprint density at radius 2 is 2.12 bits per heavy atom. The first-order valence-corrected chi connectivity index (χ1v) is 9.32. The van der Waals surface area contributed by atoms with E-state index in [1.807, 2.05) is 30.5 Å². The SMILES string of the molecule is COc1cccc(C(=O)N[C@H]2C3CCN(CC3)[C@@H]2Cc2cccnc2)c1. The number of benzene rings is 1. The zero-order chi connectivity index (χ0) is 17.9. The van der Waals surface area contributed by atoms with Crippen LogP contribution in [0.4, 0.5) is 0 Å². The van der Waals surface area contributed by atoms with Crippen molar-refractivity contribution < 1.29 is 9.53 Å². The van der Waals surface area contributed by atoms with Gasteiger partial charge in [0.2, 0.25) is 0 Å². The summed E-state index contributed by atoms with van der Waals surface area (Å²) in [7, 11) is 1.62. The summed E-state index contributed by atoms with van der Waals surface area (Å²) in [6.45, 7) is 2.25. The number of rotatable bonds is 5. The number of fused-ring (bicyclic) bond motifs is 3. The summed E-state index contributed by atoms with van der Waals surface area (Å²) in [4.78, 5) is 19.6. The number of hydrogen-bond acceptors (Lipinski definition) is 4. The van der Waals surface area contributed by atoms with Crippen LogP contribution in [0, 0.1) is 5.92 Å². The van der Waals surface area contributed by atoms with E-state index in [0.29, 0.717) is 23.3 Å². The lowest BCUT2D eigenvalue weighted by atomic mass is 9.76. The average molecular weight is 351 g/mol. The second-order valence-corrected chi connectivity index (χ2v) is 7.24. The van der Waals surface area contributed by atoms with Crippen molar-refractivity contribution in [2.45, 2.75) is 31.3 Å². The standard InChI is InChI=1S/C21H25N3O2/c1-26-18-6-2-5-17(13-18)21(25)23-20-16-7-10-24(11-8-16)19(20)12-15-4-3-9-22-14-15/h2-6,9,13-14,16,19-20H,7-8,10-12H2,1H3,(H,23,25)/t19-,20+/m1/s1. The predicted octanol–water partition coefficient (Wildman–Crippen LogP) is 2.53. The smallest absolute Gasteiger partial charge is 0.251 e. The highest BCUT2D eigenvalue weighted by atomic mass is 16.5.